The number of para-hydroxylation sites is 1. The molecule has 0 saturated carbocycles. The Kier molecular flexibility index (Phi) is 4.11. The normalized spacial score (nSPS) is 12.8. The number of hydrogen-bond donors (Lipinski definition) is 1. The van der Waals surface area contributed by atoms with Gasteiger partial charge in [-0.15, -0.1) is 0 Å². The van der Waals surface area contributed by atoms with E-state index in [1.54, 1.807) is 17.2 Å². The molecular weight excluding hydrogens is 282 g/mol. The van der Waals surface area contributed by atoms with E-state index in [9.17, 15) is 9.90 Å². The second-order valence-electron chi connectivity index (χ2n) is 5.30. The molecule has 0 radical (unpaired) electrons. The highest BCUT2D eigenvalue weighted by Gasteiger charge is 2.24. The molecule has 0 bridgehead atoms. The number of ether oxygens (including phenoxy) is 1. The number of fused-ring (bicyclic) bond motifs is 1. The molecule has 0 spiro atoms. The van der Waals surface area contributed by atoms with Crippen molar-refractivity contribution in [2.45, 2.75) is 13.0 Å². The fraction of sp³-hybridized carbons (Fsp3) is 0.375. The molecule has 1 aromatic heterocycles. The molecule has 0 unspecified atom stereocenters. The Bertz CT molecular complexity index is 681. The molecule has 1 aromatic carbocycles. The van der Waals surface area contributed by atoms with Crippen LogP contribution in [0.25, 0.3) is 0 Å². The van der Waals surface area contributed by atoms with Gasteiger partial charge in [0.2, 0.25) is 0 Å². The van der Waals surface area contributed by atoms with Crippen LogP contribution in [-0.4, -0.2) is 45.2 Å². The Hall–Kier alpha value is -2.34. The molecule has 0 aliphatic carbocycles. The third-order valence-corrected chi connectivity index (χ3v) is 3.86. The van der Waals surface area contributed by atoms with Crippen LogP contribution < -0.4 is 4.74 Å². The van der Waals surface area contributed by atoms with Gasteiger partial charge in [-0.25, -0.2) is 4.98 Å². The van der Waals surface area contributed by atoms with E-state index in [2.05, 4.69) is 4.98 Å². The van der Waals surface area contributed by atoms with E-state index in [0.29, 0.717) is 24.5 Å². The molecule has 6 nitrogen and oxygen atoms in total. The van der Waals surface area contributed by atoms with Crippen LogP contribution in [-0.2, 0) is 20.0 Å². The third kappa shape index (κ3) is 2.69. The lowest BCUT2D eigenvalue weighted by atomic mass is 10.1. The summed E-state index contributed by atoms with van der Waals surface area (Å²) in [6.45, 7) is 1.13. The molecule has 1 aliphatic heterocycles. The van der Waals surface area contributed by atoms with E-state index in [0.717, 1.165) is 17.8 Å². The molecule has 116 valence electrons. The zero-order chi connectivity index (χ0) is 15.5. The Morgan fingerprint density at radius 2 is 2.36 bits per heavy atom. The molecule has 0 saturated heterocycles. The molecule has 2 heterocycles. The van der Waals surface area contributed by atoms with E-state index < -0.39 is 0 Å². The fourth-order valence-corrected chi connectivity index (χ4v) is 2.65. The summed E-state index contributed by atoms with van der Waals surface area (Å²) in [6, 6.07) is 5.63. The molecular formula is C16H19N3O3. The Morgan fingerprint density at radius 1 is 1.50 bits per heavy atom. The number of rotatable bonds is 5. The third-order valence-electron chi connectivity index (χ3n) is 3.86. The van der Waals surface area contributed by atoms with Gasteiger partial charge in [-0.1, -0.05) is 12.1 Å². The van der Waals surface area contributed by atoms with Crippen LogP contribution >= 0.6 is 0 Å². The molecule has 22 heavy (non-hydrogen) atoms. The lowest BCUT2D eigenvalue weighted by Crippen LogP contribution is -2.34. The minimum Gasteiger partial charge on any atom is -0.492 e. The van der Waals surface area contributed by atoms with Gasteiger partial charge in [0.25, 0.3) is 5.91 Å². The maximum Gasteiger partial charge on any atom is 0.258 e. The smallest absolute Gasteiger partial charge is 0.258 e. The molecule has 0 atom stereocenters. The Balaban J connectivity index is 1.87. The minimum atomic E-state index is -0.143. The van der Waals surface area contributed by atoms with Gasteiger partial charge < -0.3 is 19.3 Å². The summed E-state index contributed by atoms with van der Waals surface area (Å²) < 4.78 is 7.47. The number of aliphatic hydroxyl groups excluding tert-OH is 1. The number of nitrogens with zero attached hydrogens (tertiary/aromatic N) is 3. The highest BCUT2D eigenvalue weighted by Crippen LogP contribution is 2.30. The van der Waals surface area contributed by atoms with Gasteiger partial charge in [0.1, 0.15) is 11.6 Å². The van der Waals surface area contributed by atoms with Crippen molar-refractivity contribution in [2.75, 3.05) is 19.8 Å². The molecule has 3 rings (SSSR count). The number of carbonyl (C=O) groups excluding carboxylic acids is 1. The number of benzene rings is 1. The molecule has 1 aliphatic rings. The van der Waals surface area contributed by atoms with Crippen LogP contribution in [0.15, 0.2) is 30.6 Å². The first-order chi connectivity index (χ1) is 10.7. The van der Waals surface area contributed by atoms with Crippen LogP contribution in [0, 0.1) is 0 Å². The monoisotopic (exact) mass is 301 g/mol. The molecule has 0 fully saturated rings. The first-order valence-corrected chi connectivity index (χ1v) is 7.31. The Labute approximate surface area is 129 Å². The summed E-state index contributed by atoms with van der Waals surface area (Å²) in [5.74, 6) is 1.31. The molecule has 2 aromatic rings. The van der Waals surface area contributed by atoms with Crippen LogP contribution in [0.5, 0.6) is 5.75 Å². The van der Waals surface area contributed by atoms with Crippen LogP contribution in [0.1, 0.15) is 21.7 Å². The average molecular weight is 301 g/mol. The first kappa shape index (κ1) is 14.6. The van der Waals surface area contributed by atoms with Crippen molar-refractivity contribution in [3.63, 3.8) is 0 Å². The summed E-state index contributed by atoms with van der Waals surface area (Å²) in [5, 5.41) is 9.27. The number of amides is 1. The van der Waals surface area contributed by atoms with Crippen molar-refractivity contribution >= 4 is 5.91 Å². The lowest BCUT2D eigenvalue weighted by molar-refractivity contribution is 0.0698. The average Bonchev–Trinajstić information content (AvgIpc) is 3.15. The minimum absolute atomic E-state index is 0.0912. The quantitative estimate of drug-likeness (QED) is 0.894. The number of aromatic nitrogens is 2. The summed E-state index contributed by atoms with van der Waals surface area (Å²) >= 11 is 0. The van der Waals surface area contributed by atoms with Crippen molar-refractivity contribution in [3.05, 3.63) is 47.5 Å². The largest absolute Gasteiger partial charge is 0.492 e. The topological polar surface area (TPSA) is 67.6 Å². The predicted octanol–water partition coefficient (Wildman–Crippen LogP) is 0.990. The second kappa shape index (κ2) is 6.19. The van der Waals surface area contributed by atoms with Gasteiger partial charge >= 0.3 is 0 Å². The fourth-order valence-electron chi connectivity index (χ4n) is 2.65. The van der Waals surface area contributed by atoms with Crippen molar-refractivity contribution in [2.24, 2.45) is 7.05 Å². The number of imidazole rings is 1. The number of carbonyl (C=O) groups is 1. The number of aliphatic hydroxyl groups is 1. The van der Waals surface area contributed by atoms with E-state index >= 15 is 0 Å². The summed E-state index contributed by atoms with van der Waals surface area (Å²) in [7, 11) is 1.88. The standard InChI is InChI=1S/C16H19N3O3/c1-18-7-6-17-14(18)11-19(8-9-20)16(21)13-4-2-3-12-5-10-22-15(12)13/h2-4,6-7,20H,5,8-11H2,1H3. The van der Waals surface area contributed by atoms with E-state index in [1.807, 2.05) is 29.9 Å². The Morgan fingerprint density at radius 3 is 3.09 bits per heavy atom. The van der Waals surface area contributed by atoms with Gasteiger partial charge in [-0.3, -0.25) is 4.79 Å². The zero-order valence-corrected chi connectivity index (χ0v) is 12.5. The van der Waals surface area contributed by atoms with Gasteiger partial charge in [0.15, 0.2) is 0 Å². The van der Waals surface area contributed by atoms with Crippen molar-refractivity contribution < 1.29 is 14.6 Å². The van der Waals surface area contributed by atoms with E-state index in [1.165, 1.54) is 0 Å². The van der Waals surface area contributed by atoms with Gasteiger partial charge in [0, 0.05) is 32.4 Å². The number of aryl methyl sites for hydroxylation is 1. The predicted molar refractivity (Wildman–Crippen MR) is 80.7 cm³/mol. The highest BCUT2D eigenvalue weighted by molar-refractivity contribution is 5.97. The summed E-state index contributed by atoms with van der Waals surface area (Å²) in [5.41, 5.74) is 1.62. The zero-order valence-electron chi connectivity index (χ0n) is 12.5. The van der Waals surface area contributed by atoms with Crippen molar-refractivity contribution in [1.82, 2.24) is 14.5 Å². The maximum atomic E-state index is 12.8. The van der Waals surface area contributed by atoms with E-state index in [-0.39, 0.29) is 19.1 Å². The number of hydrogen-bond acceptors (Lipinski definition) is 4. The molecule has 6 heteroatoms. The SMILES string of the molecule is Cn1ccnc1CN(CCO)C(=O)c1cccc2c1OCC2. The van der Waals surface area contributed by atoms with Gasteiger partial charge in [0.05, 0.1) is 25.3 Å². The summed E-state index contributed by atoms with van der Waals surface area (Å²) in [4.78, 5) is 18.7. The summed E-state index contributed by atoms with van der Waals surface area (Å²) in [6.07, 6.45) is 4.36. The maximum absolute atomic E-state index is 12.8. The first-order valence-electron chi connectivity index (χ1n) is 7.31. The lowest BCUT2D eigenvalue weighted by Gasteiger charge is -2.22. The van der Waals surface area contributed by atoms with Gasteiger partial charge in [-0.05, 0) is 11.6 Å². The van der Waals surface area contributed by atoms with Gasteiger partial charge in [-0.2, -0.15) is 0 Å². The molecule has 1 amide bonds. The highest BCUT2D eigenvalue weighted by atomic mass is 16.5. The van der Waals surface area contributed by atoms with Crippen molar-refractivity contribution in [3.8, 4) is 5.75 Å². The second-order valence-corrected chi connectivity index (χ2v) is 5.30. The molecule has 1 N–H and O–H groups in total. The van der Waals surface area contributed by atoms with E-state index in [4.69, 9.17) is 4.74 Å². The van der Waals surface area contributed by atoms with Crippen molar-refractivity contribution in [1.29, 1.82) is 0 Å². The van der Waals surface area contributed by atoms with Crippen LogP contribution in [0.4, 0.5) is 0 Å². The van der Waals surface area contributed by atoms with Crippen LogP contribution in [0.2, 0.25) is 0 Å². The van der Waals surface area contributed by atoms with Crippen LogP contribution in [0.3, 0.4) is 0 Å².